The fraction of sp³-hybridized carbons (Fsp3) is 0.0588. The van der Waals surface area contributed by atoms with Crippen LogP contribution in [-0.4, -0.2) is 18.9 Å². The average Bonchev–Trinajstić information content (AvgIpc) is 2.54. The fourth-order valence-electron chi connectivity index (χ4n) is 1.85. The summed E-state index contributed by atoms with van der Waals surface area (Å²) in [4.78, 5) is 24.1. The molecule has 0 fully saturated rings. The van der Waals surface area contributed by atoms with E-state index in [9.17, 15) is 9.59 Å². The molecule has 0 aliphatic rings. The van der Waals surface area contributed by atoms with Crippen LogP contribution >= 0.6 is 0 Å². The largest absolute Gasteiger partial charge is 0.496 e. The molecule has 0 saturated carbocycles. The van der Waals surface area contributed by atoms with Crippen molar-refractivity contribution >= 4 is 17.9 Å². The minimum Gasteiger partial charge on any atom is -0.496 e. The summed E-state index contributed by atoms with van der Waals surface area (Å²) in [6.45, 7) is 3.64. The standard InChI is InChI=1S/C17H15NO3/c1-3-12-8-10-13(11-9-12)16(19)18-17(20)14-6-4-5-7-15(14)21-2/h3-11H,1H2,2H3,(H,18,19,20). The van der Waals surface area contributed by atoms with E-state index in [4.69, 9.17) is 4.74 Å². The van der Waals surface area contributed by atoms with E-state index in [2.05, 4.69) is 11.9 Å². The van der Waals surface area contributed by atoms with Gasteiger partial charge in [-0.25, -0.2) is 0 Å². The van der Waals surface area contributed by atoms with Crippen LogP contribution in [0.1, 0.15) is 26.3 Å². The summed E-state index contributed by atoms with van der Waals surface area (Å²) in [5.74, 6) is -0.531. The highest BCUT2D eigenvalue weighted by atomic mass is 16.5. The molecule has 4 heteroatoms. The normalized spacial score (nSPS) is 9.76. The van der Waals surface area contributed by atoms with Gasteiger partial charge in [-0.1, -0.05) is 36.9 Å². The average molecular weight is 281 g/mol. The molecule has 0 saturated heterocycles. The first-order valence-corrected chi connectivity index (χ1v) is 6.37. The fourth-order valence-corrected chi connectivity index (χ4v) is 1.85. The minimum atomic E-state index is -0.495. The summed E-state index contributed by atoms with van der Waals surface area (Å²) in [6.07, 6.45) is 1.68. The molecule has 0 atom stereocenters. The lowest BCUT2D eigenvalue weighted by Gasteiger charge is -2.08. The van der Waals surface area contributed by atoms with Crippen LogP contribution in [0.3, 0.4) is 0 Å². The van der Waals surface area contributed by atoms with E-state index in [1.807, 2.05) is 0 Å². The van der Waals surface area contributed by atoms with E-state index in [-0.39, 0.29) is 0 Å². The van der Waals surface area contributed by atoms with Gasteiger partial charge in [0.05, 0.1) is 12.7 Å². The Morgan fingerprint density at radius 2 is 1.71 bits per heavy atom. The summed E-state index contributed by atoms with van der Waals surface area (Å²) < 4.78 is 5.10. The van der Waals surface area contributed by atoms with Crippen molar-refractivity contribution < 1.29 is 14.3 Å². The lowest BCUT2D eigenvalue weighted by atomic mass is 10.1. The minimum absolute atomic E-state index is 0.316. The van der Waals surface area contributed by atoms with Gasteiger partial charge in [0.15, 0.2) is 0 Å². The third-order valence-corrected chi connectivity index (χ3v) is 2.99. The van der Waals surface area contributed by atoms with Gasteiger partial charge in [-0.2, -0.15) is 0 Å². The van der Waals surface area contributed by atoms with E-state index in [0.29, 0.717) is 16.9 Å². The van der Waals surface area contributed by atoms with Crippen LogP contribution < -0.4 is 10.1 Å². The topological polar surface area (TPSA) is 55.4 Å². The highest BCUT2D eigenvalue weighted by Gasteiger charge is 2.15. The zero-order chi connectivity index (χ0) is 15.2. The molecule has 0 radical (unpaired) electrons. The molecule has 0 aliphatic heterocycles. The van der Waals surface area contributed by atoms with Gasteiger partial charge in [0.2, 0.25) is 0 Å². The number of nitrogens with one attached hydrogen (secondary N) is 1. The predicted molar refractivity (Wildman–Crippen MR) is 81.3 cm³/mol. The monoisotopic (exact) mass is 281 g/mol. The van der Waals surface area contributed by atoms with E-state index in [1.54, 1.807) is 54.6 Å². The zero-order valence-corrected chi connectivity index (χ0v) is 11.6. The molecule has 2 rings (SSSR count). The Labute approximate surface area is 123 Å². The number of rotatable bonds is 4. The number of para-hydroxylation sites is 1. The Balaban J connectivity index is 2.14. The van der Waals surface area contributed by atoms with E-state index < -0.39 is 11.8 Å². The van der Waals surface area contributed by atoms with E-state index in [0.717, 1.165) is 5.56 Å². The number of methoxy groups -OCH3 is 1. The zero-order valence-electron chi connectivity index (χ0n) is 11.6. The maximum atomic E-state index is 12.1. The number of carbonyl (C=O) groups excluding carboxylic acids is 2. The molecular weight excluding hydrogens is 266 g/mol. The molecule has 2 amide bonds. The quantitative estimate of drug-likeness (QED) is 0.877. The molecule has 0 aliphatic carbocycles. The smallest absolute Gasteiger partial charge is 0.261 e. The van der Waals surface area contributed by atoms with Gasteiger partial charge in [-0.3, -0.25) is 14.9 Å². The van der Waals surface area contributed by atoms with Crippen LogP contribution in [0.25, 0.3) is 6.08 Å². The number of ether oxygens (including phenoxy) is 1. The van der Waals surface area contributed by atoms with Crippen molar-refractivity contribution in [3.63, 3.8) is 0 Å². The molecule has 0 spiro atoms. The highest BCUT2D eigenvalue weighted by molar-refractivity contribution is 6.11. The number of hydrogen-bond acceptors (Lipinski definition) is 3. The molecule has 2 aromatic carbocycles. The van der Waals surface area contributed by atoms with Crippen molar-refractivity contribution in [1.29, 1.82) is 0 Å². The molecular formula is C17H15NO3. The molecule has 1 N–H and O–H groups in total. The Hall–Kier alpha value is -2.88. The maximum Gasteiger partial charge on any atom is 0.261 e. The van der Waals surface area contributed by atoms with Crippen LogP contribution in [-0.2, 0) is 0 Å². The van der Waals surface area contributed by atoms with Crippen LogP contribution in [0.4, 0.5) is 0 Å². The third kappa shape index (κ3) is 3.36. The van der Waals surface area contributed by atoms with Crippen LogP contribution in [0.5, 0.6) is 5.75 Å². The second-order valence-corrected chi connectivity index (χ2v) is 4.31. The lowest BCUT2D eigenvalue weighted by Crippen LogP contribution is -2.30. The Kier molecular flexibility index (Phi) is 4.51. The number of benzene rings is 2. The Morgan fingerprint density at radius 1 is 1.05 bits per heavy atom. The van der Waals surface area contributed by atoms with Crippen molar-refractivity contribution in [2.75, 3.05) is 7.11 Å². The number of imide groups is 1. The summed E-state index contributed by atoms with van der Waals surface area (Å²) in [5, 5.41) is 2.34. The predicted octanol–water partition coefficient (Wildman–Crippen LogP) is 2.91. The molecule has 0 heterocycles. The van der Waals surface area contributed by atoms with Gasteiger partial charge in [0.25, 0.3) is 11.8 Å². The van der Waals surface area contributed by atoms with Gasteiger partial charge in [0, 0.05) is 5.56 Å². The van der Waals surface area contributed by atoms with E-state index in [1.165, 1.54) is 7.11 Å². The Bertz CT molecular complexity index is 675. The number of carbonyl (C=O) groups is 2. The number of hydrogen-bond donors (Lipinski definition) is 1. The number of amides is 2. The molecule has 2 aromatic rings. The summed E-state index contributed by atoms with van der Waals surface area (Å²) in [6, 6.07) is 13.5. The third-order valence-electron chi connectivity index (χ3n) is 2.99. The molecule has 0 unspecified atom stereocenters. The second kappa shape index (κ2) is 6.52. The van der Waals surface area contributed by atoms with Crippen LogP contribution in [0.15, 0.2) is 55.1 Å². The molecule has 4 nitrogen and oxygen atoms in total. The highest BCUT2D eigenvalue weighted by Crippen LogP contribution is 2.17. The lowest BCUT2D eigenvalue weighted by molar-refractivity contribution is 0.0848. The van der Waals surface area contributed by atoms with Crippen LogP contribution in [0.2, 0.25) is 0 Å². The van der Waals surface area contributed by atoms with Crippen molar-refractivity contribution in [3.8, 4) is 5.75 Å². The molecule has 21 heavy (non-hydrogen) atoms. The maximum absolute atomic E-state index is 12.1. The first-order chi connectivity index (χ1) is 10.2. The molecule has 0 aromatic heterocycles. The second-order valence-electron chi connectivity index (χ2n) is 4.31. The van der Waals surface area contributed by atoms with E-state index >= 15 is 0 Å². The molecule has 106 valence electrons. The first kappa shape index (κ1) is 14.5. The first-order valence-electron chi connectivity index (χ1n) is 6.37. The van der Waals surface area contributed by atoms with Gasteiger partial charge in [-0.15, -0.1) is 0 Å². The van der Waals surface area contributed by atoms with Gasteiger partial charge >= 0.3 is 0 Å². The molecule has 0 bridgehead atoms. The summed E-state index contributed by atoms with van der Waals surface area (Å²) in [7, 11) is 1.47. The van der Waals surface area contributed by atoms with Crippen molar-refractivity contribution in [1.82, 2.24) is 5.32 Å². The van der Waals surface area contributed by atoms with Gasteiger partial charge in [-0.05, 0) is 29.8 Å². The van der Waals surface area contributed by atoms with Crippen LogP contribution in [0, 0.1) is 0 Å². The SMILES string of the molecule is C=Cc1ccc(C(=O)NC(=O)c2ccccc2OC)cc1. The Morgan fingerprint density at radius 3 is 2.33 bits per heavy atom. The summed E-state index contributed by atoms with van der Waals surface area (Å²) >= 11 is 0. The van der Waals surface area contributed by atoms with Crippen molar-refractivity contribution in [3.05, 3.63) is 71.8 Å². The summed E-state index contributed by atoms with van der Waals surface area (Å²) in [5.41, 5.74) is 1.63. The van der Waals surface area contributed by atoms with Gasteiger partial charge < -0.3 is 4.74 Å². The van der Waals surface area contributed by atoms with Crippen molar-refractivity contribution in [2.24, 2.45) is 0 Å². The van der Waals surface area contributed by atoms with Gasteiger partial charge in [0.1, 0.15) is 5.75 Å². The van der Waals surface area contributed by atoms with Crippen molar-refractivity contribution in [2.45, 2.75) is 0 Å².